The fourth-order valence-corrected chi connectivity index (χ4v) is 9.30. The van der Waals surface area contributed by atoms with Crippen LogP contribution in [0.15, 0.2) is 134 Å². The topological polar surface area (TPSA) is 64.5 Å². The second kappa shape index (κ2) is 17.0. The fraction of sp³-hybridized carbons (Fsp3) is 0.184. The number of hydrogen-bond donors (Lipinski definition) is 0. The summed E-state index contributed by atoms with van der Waals surface area (Å²) >= 11 is 18.6. The molecule has 6 heterocycles. The third-order valence-corrected chi connectivity index (χ3v) is 12.8. The quantitative estimate of drug-likeness (QED) is 0.133. The first-order chi connectivity index (χ1) is 30.6. The molecule has 0 spiro atoms. The van der Waals surface area contributed by atoms with Gasteiger partial charge in [-0.05, 0) is 95.8 Å². The molecule has 0 saturated carbocycles. The van der Waals surface area contributed by atoms with Crippen LogP contribution in [-0.2, 0) is 45.2 Å². The maximum atomic E-state index is 13.8. The molecule has 2 aliphatic heterocycles. The summed E-state index contributed by atoms with van der Waals surface area (Å²) in [6.07, 6.45) is 4.17. The number of hydrogen-bond acceptors (Lipinski definition) is 8. The van der Waals surface area contributed by atoms with Gasteiger partial charge in [-0.15, -0.1) is 0 Å². The molecule has 63 heavy (non-hydrogen) atoms. The van der Waals surface area contributed by atoms with E-state index in [0.29, 0.717) is 60.6 Å². The Bertz CT molecular complexity index is 3020. The van der Waals surface area contributed by atoms with Crippen LogP contribution in [0.3, 0.4) is 0 Å². The van der Waals surface area contributed by atoms with E-state index in [1.165, 1.54) is 6.07 Å². The molecule has 14 heteroatoms. The van der Waals surface area contributed by atoms with Gasteiger partial charge in [0.1, 0.15) is 0 Å². The molecule has 8 aromatic rings. The number of nitrogens with zero attached hydrogens (tertiary/aromatic N) is 8. The summed E-state index contributed by atoms with van der Waals surface area (Å²) in [5, 5.41) is 6.90. The molecule has 8 nitrogen and oxygen atoms in total. The van der Waals surface area contributed by atoms with E-state index >= 15 is 0 Å². The van der Waals surface area contributed by atoms with Gasteiger partial charge in [-0.25, -0.2) is 20.0 Å². The molecular weight excluding hydrogens is 864 g/mol. The fourth-order valence-electron chi connectivity index (χ4n) is 8.75. The van der Waals surface area contributed by atoms with Crippen molar-refractivity contribution < 1.29 is 13.2 Å². The van der Waals surface area contributed by atoms with Crippen molar-refractivity contribution in [1.29, 1.82) is 0 Å². The number of hydrazine groups is 1. The van der Waals surface area contributed by atoms with Crippen LogP contribution < -0.4 is 10.0 Å². The average molecular weight is 902 g/mol. The summed E-state index contributed by atoms with van der Waals surface area (Å²) in [5.41, 5.74) is 8.35. The van der Waals surface area contributed by atoms with Gasteiger partial charge in [0.05, 0.1) is 55.4 Å². The summed E-state index contributed by atoms with van der Waals surface area (Å²) in [4.78, 5) is 24.8. The predicted octanol–water partition coefficient (Wildman–Crippen LogP) is 12.6. The number of halogens is 6. The number of anilines is 4. The number of pyridine rings is 4. The lowest BCUT2D eigenvalue weighted by Gasteiger charge is -2.40. The second-order valence-electron chi connectivity index (χ2n) is 15.9. The van der Waals surface area contributed by atoms with Gasteiger partial charge in [-0.1, -0.05) is 83.3 Å². The minimum Gasteiger partial charge on any atom is -0.294 e. The van der Waals surface area contributed by atoms with Crippen molar-refractivity contribution in [3.8, 4) is 0 Å². The molecule has 4 aromatic heterocycles. The first-order valence-corrected chi connectivity index (χ1v) is 21.7. The highest BCUT2D eigenvalue weighted by atomic mass is 35.5. The van der Waals surface area contributed by atoms with Gasteiger partial charge in [0.2, 0.25) is 0 Å². The van der Waals surface area contributed by atoms with Gasteiger partial charge in [0, 0.05) is 73.6 Å². The van der Waals surface area contributed by atoms with Crippen LogP contribution in [0.1, 0.15) is 38.9 Å². The molecule has 0 aliphatic carbocycles. The van der Waals surface area contributed by atoms with Crippen molar-refractivity contribution in [3.05, 3.63) is 188 Å². The first-order valence-electron chi connectivity index (χ1n) is 20.5. The van der Waals surface area contributed by atoms with Crippen LogP contribution in [0.2, 0.25) is 15.1 Å². The highest BCUT2D eigenvalue weighted by molar-refractivity contribution is 6.42. The number of benzene rings is 4. The van der Waals surface area contributed by atoms with Crippen LogP contribution in [0.25, 0.3) is 21.8 Å². The van der Waals surface area contributed by atoms with E-state index in [2.05, 4.69) is 44.1 Å². The second-order valence-corrected chi connectivity index (χ2v) is 17.1. The van der Waals surface area contributed by atoms with Crippen LogP contribution in [0, 0.1) is 0 Å². The van der Waals surface area contributed by atoms with Crippen molar-refractivity contribution in [2.45, 2.75) is 45.2 Å². The smallest absolute Gasteiger partial charge is 0.294 e. The summed E-state index contributed by atoms with van der Waals surface area (Å²) in [6.45, 7) is 3.60. The monoisotopic (exact) mass is 900 g/mol. The van der Waals surface area contributed by atoms with E-state index < -0.39 is 11.7 Å². The molecular formula is C49H38Cl3F3N8. The highest BCUT2D eigenvalue weighted by Crippen LogP contribution is 2.43. The average Bonchev–Trinajstić information content (AvgIpc) is 3.29. The molecule has 0 radical (unpaired) electrons. The summed E-state index contributed by atoms with van der Waals surface area (Å²) in [5.74, 6) is 1.44. The van der Waals surface area contributed by atoms with E-state index in [1.54, 1.807) is 12.3 Å². The van der Waals surface area contributed by atoms with Gasteiger partial charge >= 0.3 is 6.18 Å². The first kappa shape index (κ1) is 41.2. The number of para-hydroxylation sites is 2. The summed E-state index contributed by atoms with van der Waals surface area (Å²) < 4.78 is 41.4. The Balaban J connectivity index is 1.09. The molecule has 0 atom stereocenters. The van der Waals surface area contributed by atoms with Crippen LogP contribution in [-0.4, -0.2) is 42.8 Å². The van der Waals surface area contributed by atoms with E-state index in [9.17, 15) is 13.2 Å². The van der Waals surface area contributed by atoms with Crippen molar-refractivity contribution >= 4 is 79.6 Å². The molecule has 0 saturated heterocycles. The van der Waals surface area contributed by atoms with Crippen LogP contribution in [0.4, 0.5) is 36.2 Å². The standard InChI is InChI=1S/C49H38Cl3F3N8/c50-42-11-9-31(21-41(42)49(53,54)55)27-60-19-15-39-35(29-60)13-17-56-47(39)62(37-23-33-5-1-3-7-45(33)58-25-37)63(38-24-34-6-2-4-8-46(34)59-26-38)48-40-16-20-61(30-36(40)14-18-57-48)28-32-10-12-43(51)44(52)22-32/h1-14,17-18,21-26H,15-16,19-20,27-30H2. The van der Waals surface area contributed by atoms with Gasteiger partial charge in [-0.3, -0.25) is 19.8 Å². The van der Waals surface area contributed by atoms with Gasteiger partial charge in [0.15, 0.2) is 11.6 Å². The Labute approximate surface area is 377 Å². The van der Waals surface area contributed by atoms with Crippen molar-refractivity contribution in [3.63, 3.8) is 0 Å². The molecule has 4 aromatic carbocycles. The van der Waals surface area contributed by atoms with Gasteiger partial charge < -0.3 is 0 Å². The summed E-state index contributed by atoms with van der Waals surface area (Å²) in [6, 6.07) is 34.3. The summed E-state index contributed by atoms with van der Waals surface area (Å²) in [7, 11) is 0. The highest BCUT2D eigenvalue weighted by Gasteiger charge is 2.35. The predicted molar refractivity (Wildman–Crippen MR) is 245 cm³/mol. The van der Waals surface area contributed by atoms with Crippen LogP contribution >= 0.6 is 34.8 Å². The third kappa shape index (κ3) is 8.39. The largest absolute Gasteiger partial charge is 0.417 e. The third-order valence-electron chi connectivity index (χ3n) is 11.8. The minimum atomic E-state index is -4.55. The Hall–Kier alpha value is -5.82. The molecule has 316 valence electrons. The number of rotatable bonds is 9. The van der Waals surface area contributed by atoms with Crippen molar-refractivity contribution in [2.24, 2.45) is 0 Å². The maximum absolute atomic E-state index is 13.8. The van der Waals surface area contributed by atoms with E-state index in [4.69, 9.17) is 54.7 Å². The van der Waals surface area contributed by atoms with Gasteiger partial charge in [0.25, 0.3) is 0 Å². The lowest BCUT2D eigenvalue weighted by molar-refractivity contribution is -0.137. The lowest BCUT2D eigenvalue weighted by atomic mass is 9.99. The molecule has 0 N–H and O–H groups in total. The Morgan fingerprint density at radius 2 is 1.03 bits per heavy atom. The van der Waals surface area contributed by atoms with Gasteiger partial charge in [-0.2, -0.15) is 13.2 Å². The maximum Gasteiger partial charge on any atom is 0.417 e. The molecule has 0 amide bonds. The zero-order chi connectivity index (χ0) is 43.2. The van der Waals surface area contributed by atoms with Crippen molar-refractivity contribution in [2.75, 3.05) is 23.1 Å². The molecule has 0 fully saturated rings. The van der Waals surface area contributed by atoms with Crippen molar-refractivity contribution in [1.82, 2.24) is 29.7 Å². The van der Waals surface area contributed by atoms with E-state index in [1.807, 2.05) is 85.3 Å². The Kier molecular flexibility index (Phi) is 11.1. The van der Waals surface area contributed by atoms with Crippen LogP contribution in [0.5, 0.6) is 0 Å². The molecule has 10 rings (SSSR count). The zero-order valence-electron chi connectivity index (χ0n) is 33.7. The Morgan fingerprint density at radius 3 is 1.54 bits per heavy atom. The molecule has 0 bridgehead atoms. The number of fused-ring (bicyclic) bond motifs is 4. The normalized spacial score (nSPS) is 14.4. The molecule has 0 unspecified atom stereocenters. The minimum absolute atomic E-state index is 0.310. The Morgan fingerprint density at radius 1 is 0.540 bits per heavy atom. The SMILES string of the molecule is FC(F)(F)c1cc(CN2CCc3c(ccnc3N(c3cnc4ccccc4c3)N(c3cnc4ccccc4c3)c3nccc4c3CCN(Cc3ccc(Cl)c(Cl)c3)C4)C2)ccc1Cl. The lowest BCUT2D eigenvalue weighted by Crippen LogP contribution is -2.41. The number of aromatic nitrogens is 4. The molecule has 2 aliphatic rings. The zero-order valence-corrected chi connectivity index (χ0v) is 36.0. The number of alkyl halides is 3. The van der Waals surface area contributed by atoms with E-state index in [-0.39, 0.29) is 5.02 Å². The van der Waals surface area contributed by atoms with E-state index in [0.717, 1.165) is 85.8 Å².